The Kier molecular flexibility index (Phi) is 2.50. The number of fused-ring (bicyclic) bond motifs is 1. The van der Waals surface area contributed by atoms with Crippen LogP contribution in [-0.2, 0) is 4.79 Å². The number of carbonyl (C=O) groups excluding carboxylic acids is 1. The summed E-state index contributed by atoms with van der Waals surface area (Å²) >= 11 is 0. The van der Waals surface area contributed by atoms with E-state index in [1.165, 1.54) is 0 Å². The standard InChI is InChI=1S/C11H13N5O/c17-11-8-6-12-14-10(8)13-9(15-16-11)7-4-2-1-3-5-7/h1-5,8,10,12,14H,6H2,(H,13,15)(H,16,17). The van der Waals surface area contributed by atoms with Crippen LogP contribution < -0.4 is 21.7 Å². The highest BCUT2D eigenvalue weighted by atomic mass is 16.2. The molecule has 1 amide bonds. The molecule has 0 radical (unpaired) electrons. The molecule has 2 aliphatic heterocycles. The first-order valence-electron chi connectivity index (χ1n) is 5.52. The van der Waals surface area contributed by atoms with Crippen LogP contribution in [0.15, 0.2) is 35.3 Å². The van der Waals surface area contributed by atoms with E-state index >= 15 is 0 Å². The van der Waals surface area contributed by atoms with E-state index in [0.717, 1.165) is 5.56 Å². The molecule has 2 unspecified atom stereocenters. The van der Waals surface area contributed by atoms with Crippen molar-refractivity contribution in [2.24, 2.45) is 10.9 Å². The molecule has 0 bridgehead atoms. The summed E-state index contributed by atoms with van der Waals surface area (Å²) in [5.41, 5.74) is 12.4. The van der Waals surface area contributed by atoms with Crippen molar-refractivity contribution in [1.29, 1.82) is 0 Å². The van der Waals surface area contributed by atoms with Gasteiger partial charge in [-0.2, -0.15) is 0 Å². The van der Waals surface area contributed by atoms with Gasteiger partial charge in [0.05, 0.1) is 5.92 Å². The summed E-state index contributed by atoms with van der Waals surface area (Å²) in [6.45, 7) is 0.587. The summed E-state index contributed by atoms with van der Waals surface area (Å²) in [5.74, 6) is 0.438. The summed E-state index contributed by atoms with van der Waals surface area (Å²) < 4.78 is 0. The summed E-state index contributed by atoms with van der Waals surface area (Å²) in [5, 5.41) is 0. The molecule has 1 fully saturated rings. The van der Waals surface area contributed by atoms with Gasteiger partial charge in [0.15, 0.2) is 0 Å². The fourth-order valence-electron chi connectivity index (χ4n) is 1.97. The van der Waals surface area contributed by atoms with Gasteiger partial charge in [-0.25, -0.2) is 10.4 Å². The molecule has 2 atom stereocenters. The lowest BCUT2D eigenvalue weighted by atomic mass is 10.1. The predicted molar refractivity (Wildman–Crippen MR) is 62.7 cm³/mol. The lowest BCUT2D eigenvalue weighted by Crippen LogP contribution is -2.43. The van der Waals surface area contributed by atoms with E-state index in [1.54, 1.807) is 0 Å². The molecule has 1 aromatic rings. The third-order valence-electron chi connectivity index (χ3n) is 2.91. The zero-order valence-corrected chi connectivity index (χ0v) is 9.10. The first-order chi connectivity index (χ1) is 8.34. The molecule has 2 heterocycles. The number of hydrogen-bond acceptors (Lipinski definition) is 5. The molecule has 6 nitrogen and oxygen atoms in total. The number of carbonyl (C=O) groups is 1. The van der Waals surface area contributed by atoms with Gasteiger partial charge in [-0.05, 0) is 0 Å². The molecule has 0 aliphatic carbocycles. The van der Waals surface area contributed by atoms with Crippen molar-refractivity contribution in [2.45, 2.75) is 6.17 Å². The highest BCUT2D eigenvalue weighted by Gasteiger charge is 2.35. The topological polar surface area (TPSA) is 77.5 Å². The molecule has 1 aromatic carbocycles. The number of nitrogens with one attached hydrogen (secondary N) is 4. The second-order valence-corrected chi connectivity index (χ2v) is 4.03. The van der Waals surface area contributed by atoms with Crippen LogP contribution in [0.25, 0.3) is 0 Å². The Morgan fingerprint density at radius 1 is 1.18 bits per heavy atom. The van der Waals surface area contributed by atoms with Gasteiger partial charge in [-0.1, -0.05) is 30.3 Å². The van der Waals surface area contributed by atoms with Crippen molar-refractivity contribution in [3.8, 4) is 0 Å². The van der Waals surface area contributed by atoms with Crippen molar-refractivity contribution >= 4 is 11.7 Å². The van der Waals surface area contributed by atoms with Gasteiger partial charge in [-0.3, -0.25) is 21.1 Å². The molecule has 88 valence electrons. The van der Waals surface area contributed by atoms with E-state index in [0.29, 0.717) is 12.4 Å². The number of nitrogens with zero attached hydrogens (tertiary/aromatic N) is 1. The lowest BCUT2D eigenvalue weighted by molar-refractivity contribution is -0.125. The molecule has 6 heteroatoms. The SMILES string of the molecule is O=C1NNC(c2ccccc2)=NC2NNCC12. The summed E-state index contributed by atoms with van der Waals surface area (Å²) in [6.07, 6.45) is -0.222. The molecule has 17 heavy (non-hydrogen) atoms. The van der Waals surface area contributed by atoms with Crippen molar-refractivity contribution in [3.05, 3.63) is 35.9 Å². The van der Waals surface area contributed by atoms with Gasteiger partial charge >= 0.3 is 0 Å². The van der Waals surface area contributed by atoms with Crippen LogP contribution >= 0.6 is 0 Å². The van der Waals surface area contributed by atoms with Crippen LogP contribution in [-0.4, -0.2) is 24.5 Å². The molecule has 0 aromatic heterocycles. The molecular weight excluding hydrogens is 218 g/mol. The number of amides is 1. The summed E-state index contributed by atoms with van der Waals surface area (Å²) in [4.78, 5) is 16.3. The first kappa shape index (κ1) is 10.2. The highest BCUT2D eigenvalue weighted by Crippen LogP contribution is 2.13. The molecular formula is C11H13N5O. The quantitative estimate of drug-likeness (QED) is 0.506. The number of benzene rings is 1. The van der Waals surface area contributed by atoms with Gasteiger partial charge < -0.3 is 0 Å². The number of rotatable bonds is 1. The largest absolute Gasteiger partial charge is 0.282 e. The van der Waals surface area contributed by atoms with E-state index in [9.17, 15) is 4.79 Å². The van der Waals surface area contributed by atoms with Crippen molar-refractivity contribution in [1.82, 2.24) is 21.7 Å². The highest BCUT2D eigenvalue weighted by molar-refractivity contribution is 6.00. The van der Waals surface area contributed by atoms with Crippen molar-refractivity contribution in [2.75, 3.05) is 6.54 Å². The Balaban J connectivity index is 1.93. The van der Waals surface area contributed by atoms with Crippen molar-refractivity contribution in [3.63, 3.8) is 0 Å². The van der Waals surface area contributed by atoms with Gasteiger partial charge in [-0.15, -0.1) is 0 Å². The third kappa shape index (κ3) is 1.88. The van der Waals surface area contributed by atoms with Crippen LogP contribution in [0.4, 0.5) is 0 Å². The Labute approximate surface area is 98.4 Å². The van der Waals surface area contributed by atoms with Gasteiger partial charge in [0, 0.05) is 12.1 Å². The monoisotopic (exact) mass is 231 g/mol. The average Bonchev–Trinajstić information content (AvgIpc) is 2.77. The van der Waals surface area contributed by atoms with E-state index in [1.807, 2.05) is 30.3 Å². The van der Waals surface area contributed by atoms with Gasteiger partial charge in [0.2, 0.25) is 5.91 Å². The first-order valence-corrected chi connectivity index (χ1v) is 5.52. The number of aliphatic imine (C=N–C) groups is 1. The van der Waals surface area contributed by atoms with Crippen LogP contribution in [0.2, 0.25) is 0 Å². The lowest BCUT2D eigenvalue weighted by Gasteiger charge is -2.08. The smallest absolute Gasteiger partial charge is 0.246 e. The average molecular weight is 231 g/mol. The van der Waals surface area contributed by atoms with E-state index < -0.39 is 0 Å². The predicted octanol–water partition coefficient (Wildman–Crippen LogP) is -0.882. The van der Waals surface area contributed by atoms with E-state index in [4.69, 9.17) is 0 Å². The third-order valence-corrected chi connectivity index (χ3v) is 2.91. The van der Waals surface area contributed by atoms with Crippen LogP contribution in [0.5, 0.6) is 0 Å². The normalized spacial score (nSPS) is 27.5. The van der Waals surface area contributed by atoms with E-state index in [-0.39, 0.29) is 18.0 Å². The summed E-state index contributed by atoms with van der Waals surface area (Å²) in [6, 6.07) is 9.70. The summed E-state index contributed by atoms with van der Waals surface area (Å²) in [7, 11) is 0. The molecule has 4 N–H and O–H groups in total. The minimum absolute atomic E-state index is 0.0535. The fraction of sp³-hybridized carbons (Fsp3) is 0.273. The van der Waals surface area contributed by atoms with Crippen LogP contribution in [0, 0.1) is 5.92 Å². The maximum absolute atomic E-state index is 11.7. The van der Waals surface area contributed by atoms with Crippen LogP contribution in [0.1, 0.15) is 5.56 Å². The zero-order chi connectivity index (χ0) is 11.7. The zero-order valence-electron chi connectivity index (χ0n) is 9.10. The van der Waals surface area contributed by atoms with Gasteiger partial charge in [0.25, 0.3) is 0 Å². The molecule has 2 aliphatic rings. The Morgan fingerprint density at radius 3 is 2.82 bits per heavy atom. The minimum Gasteiger partial charge on any atom is -0.282 e. The Bertz CT molecular complexity index is 458. The van der Waals surface area contributed by atoms with Crippen molar-refractivity contribution < 1.29 is 4.79 Å². The number of hydrazine groups is 2. The second-order valence-electron chi connectivity index (χ2n) is 4.03. The molecule has 0 saturated carbocycles. The number of hydrogen-bond donors (Lipinski definition) is 4. The second kappa shape index (κ2) is 4.15. The van der Waals surface area contributed by atoms with E-state index in [2.05, 4.69) is 26.7 Å². The maximum Gasteiger partial charge on any atom is 0.246 e. The number of amidine groups is 1. The minimum atomic E-state index is -0.222. The maximum atomic E-state index is 11.7. The Morgan fingerprint density at radius 2 is 2.00 bits per heavy atom. The molecule has 1 saturated heterocycles. The molecule has 0 spiro atoms. The van der Waals surface area contributed by atoms with Gasteiger partial charge in [0.1, 0.15) is 12.0 Å². The van der Waals surface area contributed by atoms with Crippen LogP contribution in [0.3, 0.4) is 0 Å². The Hall–Kier alpha value is -1.92. The fourth-order valence-corrected chi connectivity index (χ4v) is 1.97. The molecule has 3 rings (SSSR count).